The van der Waals surface area contributed by atoms with Gasteiger partial charge in [0.05, 0.1) is 17.6 Å². The van der Waals surface area contributed by atoms with Crippen LogP contribution in [0.3, 0.4) is 0 Å². The highest BCUT2D eigenvalue weighted by atomic mass is 32.2. The molecule has 31 heavy (non-hydrogen) atoms. The lowest BCUT2D eigenvalue weighted by atomic mass is 10.2. The zero-order valence-corrected chi connectivity index (χ0v) is 18.8. The third-order valence-corrected chi connectivity index (χ3v) is 6.15. The average molecular weight is 468 g/mol. The molecule has 0 radical (unpaired) electrons. The van der Waals surface area contributed by atoms with Crippen LogP contribution in [0, 0.1) is 0 Å². The fourth-order valence-corrected chi connectivity index (χ4v) is 4.07. The number of benzene rings is 1. The molecule has 1 aliphatic rings. The van der Waals surface area contributed by atoms with Crippen LogP contribution in [0.5, 0.6) is 0 Å². The van der Waals surface area contributed by atoms with Gasteiger partial charge in [0.25, 0.3) is 6.47 Å². The number of carbonyl (C=O) groups excluding carboxylic acids is 2. The molecule has 1 aromatic rings. The Balaban J connectivity index is 0.000000592. The molecule has 176 valence electrons. The first-order valence-corrected chi connectivity index (χ1v) is 10.6. The molecule has 0 amide bonds. The van der Waals surface area contributed by atoms with Crippen molar-refractivity contribution < 1.29 is 40.7 Å². The number of nitrogens with zero attached hydrogens (tertiary/aromatic N) is 2. The minimum Gasteiger partial charge on any atom is -0.468 e. The van der Waals surface area contributed by atoms with Gasteiger partial charge in [-0.25, -0.2) is 8.42 Å². The fraction of sp³-hybridized carbons (Fsp3) is 0.579. The summed E-state index contributed by atoms with van der Waals surface area (Å²) in [6.45, 7) is 6.08. The highest BCUT2D eigenvalue weighted by Crippen LogP contribution is 2.31. The van der Waals surface area contributed by atoms with Gasteiger partial charge in [0.15, 0.2) is 0 Å². The van der Waals surface area contributed by atoms with Gasteiger partial charge in [-0.05, 0) is 46.0 Å². The number of esters is 1. The molecule has 1 saturated heterocycles. The van der Waals surface area contributed by atoms with Gasteiger partial charge >= 0.3 is 12.1 Å². The Morgan fingerprint density at radius 2 is 1.81 bits per heavy atom. The number of methoxy groups -OCH3 is 1. The van der Waals surface area contributed by atoms with Gasteiger partial charge in [-0.3, -0.25) is 14.5 Å². The van der Waals surface area contributed by atoms with Crippen LogP contribution in [0.15, 0.2) is 29.2 Å². The summed E-state index contributed by atoms with van der Waals surface area (Å²) in [4.78, 5) is 22.5. The van der Waals surface area contributed by atoms with Crippen molar-refractivity contribution in [3.05, 3.63) is 29.8 Å². The number of halogens is 3. The van der Waals surface area contributed by atoms with E-state index >= 15 is 0 Å². The largest absolute Gasteiger partial charge is 0.468 e. The van der Waals surface area contributed by atoms with Gasteiger partial charge in [0.2, 0.25) is 10.0 Å². The molecule has 0 saturated carbocycles. The van der Waals surface area contributed by atoms with Gasteiger partial charge in [0, 0.05) is 19.6 Å². The van der Waals surface area contributed by atoms with Crippen molar-refractivity contribution in [1.82, 2.24) is 9.21 Å². The third kappa shape index (κ3) is 7.78. The van der Waals surface area contributed by atoms with Crippen LogP contribution in [0.1, 0.15) is 26.3 Å². The van der Waals surface area contributed by atoms with Crippen LogP contribution < -0.4 is 0 Å². The van der Waals surface area contributed by atoms with Gasteiger partial charge in [0.1, 0.15) is 11.6 Å². The lowest BCUT2D eigenvalue weighted by Crippen LogP contribution is -2.56. The molecule has 1 atom stereocenters. The molecule has 1 fully saturated rings. The van der Waals surface area contributed by atoms with Crippen molar-refractivity contribution in [2.45, 2.75) is 43.5 Å². The number of hydrogen-bond donors (Lipinski definition) is 0. The summed E-state index contributed by atoms with van der Waals surface area (Å²) in [6.07, 6.45) is -4.64. The quantitative estimate of drug-likeness (QED) is 0.494. The van der Waals surface area contributed by atoms with E-state index in [-0.39, 0.29) is 25.2 Å². The highest BCUT2D eigenvalue weighted by molar-refractivity contribution is 7.89. The highest BCUT2D eigenvalue weighted by Gasteiger charge is 2.38. The maximum absolute atomic E-state index is 12.8. The number of piperazine rings is 1. The third-order valence-electron chi connectivity index (χ3n) is 4.28. The van der Waals surface area contributed by atoms with Crippen LogP contribution in [0.25, 0.3) is 0 Å². The molecule has 12 heteroatoms. The Hall–Kier alpha value is -2.18. The molecule has 0 aromatic heterocycles. The second-order valence-corrected chi connectivity index (χ2v) is 9.67. The summed E-state index contributed by atoms with van der Waals surface area (Å²) in [7, 11) is -1.30. The predicted molar refractivity (Wildman–Crippen MR) is 106 cm³/mol. The van der Waals surface area contributed by atoms with Crippen molar-refractivity contribution in [3.8, 4) is 0 Å². The van der Waals surface area contributed by atoms with Crippen LogP contribution in [-0.2, 0) is 35.3 Å². The molecule has 1 unspecified atom stereocenters. The maximum Gasteiger partial charge on any atom is 0.416 e. The lowest BCUT2D eigenvalue weighted by molar-refractivity contribution is -0.148. The van der Waals surface area contributed by atoms with E-state index in [1.807, 2.05) is 20.8 Å². The summed E-state index contributed by atoms with van der Waals surface area (Å²) in [6, 6.07) is 2.75. The second-order valence-electron chi connectivity index (χ2n) is 7.73. The van der Waals surface area contributed by atoms with E-state index in [2.05, 4.69) is 9.47 Å². The lowest BCUT2D eigenvalue weighted by Gasteiger charge is -2.36. The van der Waals surface area contributed by atoms with E-state index in [9.17, 15) is 31.2 Å². The van der Waals surface area contributed by atoms with E-state index in [1.54, 1.807) is 11.9 Å². The average Bonchev–Trinajstić information content (AvgIpc) is 2.66. The van der Waals surface area contributed by atoms with E-state index < -0.39 is 38.7 Å². The molecular formula is C19H27F3N2O6S. The molecule has 2 rings (SSSR count). The first-order valence-electron chi connectivity index (χ1n) is 9.20. The summed E-state index contributed by atoms with van der Waals surface area (Å²) in [5.74, 6) is -0.596. The Kier molecular flexibility index (Phi) is 9.03. The number of sulfonamides is 1. The number of alkyl halides is 3. The maximum atomic E-state index is 12.8. The molecule has 0 aliphatic carbocycles. The fourth-order valence-electron chi connectivity index (χ4n) is 2.58. The Labute approximate surface area is 180 Å². The number of likely N-dealkylation sites (N-methyl/N-ethyl adjacent to an activating group) is 1. The van der Waals surface area contributed by atoms with Crippen molar-refractivity contribution in [2.75, 3.05) is 33.8 Å². The minimum atomic E-state index is -4.64. The number of ether oxygens (including phenoxy) is 2. The summed E-state index contributed by atoms with van der Waals surface area (Å²) < 4.78 is 73.8. The molecule has 1 aromatic carbocycles. The topological polar surface area (TPSA) is 93.2 Å². The molecule has 0 spiro atoms. The normalized spacial score (nSPS) is 18.5. The van der Waals surface area contributed by atoms with Gasteiger partial charge in [-0.1, -0.05) is 6.07 Å². The van der Waals surface area contributed by atoms with E-state index in [0.717, 1.165) is 22.5 Å². The summed E-state index contributed by atoms with van der Waals surface area (Å²) in [5.41, 5.74) is -1.36. The van der Waals surface area contributed by atoms with Crippen LogP contribution >= 0.6 is 0 Å². The number of carbonyl (C=O) groups is 2. The van der Waals surface area contributed by atoms with E-state index in [0.29, 0.717) is 12.5 Å². The number of hydrogen-bond acceptors (Lipinski definition) is 7. The molecular weight excluding hydrogens is 441 g/mol. The standard InChI is InChI=1S/C14H17F3N2O4S.C5H10O2/c1-18-6-7-19(9-12(18)13(20)23-2)24(21,22)11-5-3-4-10(8-11)14(15,16)17;1-5(2,3)7-4-6/h3-5,8,12H,6-7,9H2,1-2H3;4H,1-3H3. The van der Waals surface area contributed by atoms with E-state index in [1.165, 1.54) is 7.11 Å². The van der Waals surface area contributed by atoms with Crippen LogP contribution in [-0.4, -0.2) is 75.5 Å². The smallest absolute Gasteiger partial charge is 0.416 e. The zero-order valence-electron chi connectivity index (χ0n) is 18.0. The Bertz CT molecular complexity index is 868. The van der Waals surface area contributed by atoms with Gasteiger partial charge in [-0.15, -0.1) is 0 Å². The van der Waals surface area contributed by atoms with Crippen molar-refractivity contribution in [2.24, 2.45) is 0 Å². The predicted octanol–water partition coefficient (Wildman–Crippen LogP) is 2.14. The SMILES string of the molecule is CC(C)(C)OC=O.COC(=O)C1CN(S(=O)(=O)c2cccc(C(F)(F)F)c2)CCN1C. The summed E-state index contributed by atoms with van der Waals surface area (Å²) >= 11 is 0. The monoisotopic (exact) mass is 468 g/mol. The first kappa shape index (κ1) is 26.9. The molecule has 8 nitrogen and oxygen atoms in total. The van der Waals surface area contributed by atoms with E-state index in [4.69, 9.17) is 0 Å². The van der Waals surface area contributed by atoms with Crippen molar-refractivity contribution >= 4 is 22.5 Å². The Morgan fingerprint density at radius 1 is 1.19 bits per heavy atom. The summed E-state index contributed by atoms with van der Waals surface area (Å²) in [5, 5.41) is 0. The molecule has 1 heterocycles. The van der Waals surface area contributed by atoms with Gasteiger partial charge < -0.3 is 9.47 Å². The van der Waals surface area contributed by atoms with Crippen LogP contribution in [0.2, 0.25) is 0 Å². The second kappa shape index (κ2) is 10.4. The van der Waals surface area contributed by atoms with Crippen LogP contribution in [0.4, 0.5) is 13.2 Å². The van der Waals surface area contributed by atoms with Gasteiger partial charge in [-0.2, -0.15) is 17.5 Å². The minimum absolute atomic E-state index is 0.0720. The molecule has 1 aliphatic heterocycles. The molecule has 0 N–H and O–H groups in total. The zero-order chi connectivity index (χ0) is 24.0. The Morgan fingerprint density at radius 3 is 2.26 bits per heavy atom. The van der Waals surface area contributed by atoms with Crippen molar-refractivity contribution in [3.63, 3.8) is 0 Å². The first-order chi connectivity index (χ1) is 14.1. The van der Waals surface area contributed by atoms with Crippen molar-refractivity contribution in [1.29, 1.82) is 0 Å². The molecule has 0 bridgehead atoms. The number of rotatable bonds is 4.